The van der Waals surface area contributed by atoms with Crippen LogP contribution in [0, 0.1) is 0 Å². The molecule has 0 bridgehead atoms. The fraction of sp³-hybridized carbons (Fsp3) is 0.200. The highest BCUT2D eigenvalue weighted by Gasteiger charge is 2.41. The number of aliphatic carboxylic acids is 1. The van der Waals surface area contributed by atoms with Crippen molar-refractivity contribution in [2.75, 3.05) is 0 Å². The van der Waals surface area contributed by atoms with E-state index in [9.17, 15) is 15.0 Å². The van der Waals surface area contributed by atoms with Gasteiger partial charge in [-0.15, -0.1) is 0 Å². The van der Waals surface area contributed by atoms with E-state index in [4.69, 9.17) is 0 Å². The monoisotopic (exact) mass is 387 g/mol. The SMILES string of the molecule is CC(C)(C)c1ccc(O)c(/C=N/C(C(=O)O)(c2ccccc2)c2ccccc2)c1. The number of hydrogen-bond donors (Lipinski definition) is 2. The van der Waals surface area contributed by atoms with Gasteiger partial charge in [-0.1, -0.05) is 87.5 Å². The molecule has 0 saturated carbocycles. The molecule has 0 atom stereocenters. The summed E-state index contributed by atoms with van der Waals surface area (Å²) in [4.78, 5) is 17.1. The highest BCUT2D eigenvalue weighted by Crippen LogP contribution is 2.35. The lowest BCUT2D eigenvalue weighted by Crippen LogP contribution is -2.35. The van der Waals surface area contributed by atoms with Gasteiger partial charge in [0.25, 0.3) is 0 Å². The van der Waals surface area contributed by atoms with Crippen LogP contribution in [0.5, 0.6) is 5.75 Å². The van der Waals surface area contributed by atoms with Crippen molar-refractivity contribution in [3.8, 4) is 5.75 Å². The number of nitrogens with zero attached hydrogens (tertiary/aromatic N) is 1. The van der Waals surface area contributed by atoms with Gasteiger partial charge in [-0.2, -0.15) is 0 Å². The van der Waals surface area contributed by atoms with Crippen molar-refractivity contribution in [1.29, 1.82) is 0 Å². The van der Waals surface area contributed by atoms with Gasteiger partial charge in [0.05, 0.1) is 0 Å². The Morgan fingerprint density at radius 2 is 1.34 bits per heavy atom. The Hall–Kier alpha value is -3.40. The molecule has 3 aromatic carbocycles. The summed E-state index contributed by atoms with van der Waals surface area (Å²) in [7, 11) is 0. The Labute approximate surface area is 171 Å². The molecule has 4 nitrogen and oxygen atoms in total. The minimum Gasteiger partial charge on any atom is -0.507 e. The standard InChI is InChI=1S/C25H25NO3/c1-24(2,3)21-14-15-22(27)18(16-21)17-26-25(23(28)29,19-10-6-4-7-11-19)20-12-8-5-9-13-20/h4-17,27H,1-3H3,(H,28,29)/b26-17+. The number of carboxylic acids is 1. The second kappa shape index (κ2) is 7.92. The zero-order valence-electron chi connectivity index (χ0n) is 16.8. The number of benzene rings is 3. The number of carbonyl (C=O) groups is 1. The Kier molecular flexibility index (Phi) is 5.55. The summed E-state index contributed by atoms with van der Waals surface area (Å²) in [6, 6.07) is 23.2. The molecule has 0 amide bonds. The molecule has 0 fully saturated rings. The van der Waals surface area contributed by atoms with E-state index in [1.165, 1.54) is 6.21 Å². The summed E-state index contributed by atoms with van der Waals surface area (Å²) in [5.74, 6) is -1.03. The van der Waals surface area contributed by atoms with Crippen LogP contribution in [0.25, 0.3) is 0 Å². The quantitative estimate of drug-likeness (QED) is 0.596. The molecule has 0 unspecified atom stereocenters. The van der Waals surface area contributed by atoms with Crippen LogP contribution in [0.2, 0.25) is 0 Å². The predicted octanol–water partition coefficient (Wildman–Crippen LogP) is 5.14. The van der Waals surface area contributed by atoms with Gasteiger partial charge in [0, 0.05) is 11.8 Å². The molecule has 0 aliphatic heterocycles. The minimum atomic E-state index is -1.62. The topological polar surface area (TPSA) is 69.9 Å². The molecule has 0 aliphatic rings. The van der Waals surface area contributed by atoms with Gasteiger partial charge >= 0.3 is 5.97 Å². The van der Waals surface area contributed by atoms with Crippen molar-refractivity contribution in [2.24, 2.45) is 4.99 Å². The second-order valence-electron chi connectivity index (χ2n) is 8.03. The Balaban J connectivity index is 2.20. The molecule has 2 N–H and O–H groups in total. The van der Waals surface area contributed by atoms with Gasteiger partial charge < -0.3 is 10.2 Å². The molecule has 3 rings (SSSR count). The highest BCUT2D eigenvalue weighted by molar-refractivity contribution is 5.91. The zero-order valence-corrected chi connectivity index (χ0v) is 16.8. The van der Waals surface area contributed by atoms with Gasteiger partial charge in [-0.25, -0.2) is 4.79 Å². The molecule has 0 aliphatic carbocycles. The van der Waals surface area contributed by atoms with E-state index in [0.717, 1.165) is 5.56 Å². The van der Waals surface area contributed by atoms with Crippen LogP contribution in [0.3, 0.4) is 0 Å². The van der Waals surface area contributed by atoms with Crippen molar-refractivity contribution in [3.63, 3.8) is 0 Å². The van der Waals surface area contributed by atoms with Gasteiger partial charge in [0.15, 0.2) is 0 Å². The lowest BCUT2D eigenvalue weighted by molar-refractivity contribution is -0.141. The number of hydrogen-bond acceptors (Lipinski definition) is 3. The number of phenols is 1. The molecule has 148 valence electrons. The van der Waals surface area contributed by atoms with E-state index in [0.29, 0.717) is 16.7 Å². The molecule has 0 heterocycles. The summed E-state index contributed by atoms with van der Waals surface area (Å²) >= 11 is 0. The van der Waals surface area contributed by atoms with Crippen molar-refractivity contribution in [3.05, 3.63) is 101 Å². The minimum absolute atomic E-state index is 0.0576. The predicted molar refractivity (Wildman–Crippen MR) is 116 cm³/mol. The third-order valence-corrected chi connectivity index (χ3v) is 4.98. The van der Waals surface area contributed by atoms with E-state index in [1.807, 2.05) is 24.3 Å². The molecule has 0 saturated heterocycles. The number of rotatable bonds is 5. The second-order valence-corrected chi connectivity index (χ2v) is 8.03. The number of aliphatic imine (C=N–C) groups is 1. The van der Waals surface area contributed by atoms with Crippen molar-refractivity contribution >= 4 is 12.2 Å². The van der Waals surface area contributed by atoms with E-state index in [-0.39, 0.29) is 11.2 Å². The van der Waals surface area contributed by atoms with Crippen LogP contribution >= 0.6 is 0 Å². The first-order chi connectivity index (χ1) is 13.7. The van der Waals surface area contributed by atoms with Gasteiger partial charge in [-0.05, 0) is 34.2 Å². The Bertz CT molecular complexity index is 979. The smallest absolute Gasteiger partial charge is 0.340 e. The molecular formula is C25H25NO3. The lowest BCUT2D eigenvalue weighted by atomic mass is 9.83. The van der Waals surface area contributed by atoms with Crippen LogP contribution in [-0.2, 0) is 15.7 Å². The summed E-state index contributed by atoms with van der Waals surface area (Å²) < 4.78 is 0. The van der Waals surface area contributed by atoms with Crippen molar-refractivity contribution < 1.29 is 15.0 Å². The van der Waals surface area contributed by atoms with Gasteiger partial charge in [0.2, 0.25) is 5.54 Å². The summed E-state index contributed by atoms with van der Waals surface area (Å²) in [6.45, 7) is 6.24. The fourth-order valence-corrected chi connectivity index (χ4v) is 3.27. The third-order valence-electron chi connectivity index (χ3n) is 4.98. The summed E-state index contributed by atoms with van der Waals surface area (Å²) in [5.41, 5.74) is 0.862. The van der Waals surface area contributed by atoms with Gasteiger partial charge in [0.1, 0.15) is 5.75 Å². The molecule has 0 aromatic heterocycles. The van der Waals surface area contributed by atoms with E-state index in [1.54, 1.807) is 54.6 Å². The van der Waals surface area contributed by atoms with E-state index < -0.39 is 11.5 Å². The first-order valence-electron chi connectivity index (χ1n) is 9.48. The normalized spacial score (nSPS) is 12.2. The Morgan fingerprint density at radius 3 is 1.79 bits per heavy atom. The third kappa shape index (κ3) is 4.06. The molecule has 29 heavy (non-hydrogen) atoms. The first kappa shape index (κ1) is 20.3. The Morgan fingerprint density at radius 1 is 0.828 bits per heavy atom. The average molecular weight is 387 g/mol. The lowest BCUT2D eigenvalue weighted by Gasteiger charge is -2.26. The molecular weight excluding hydrogens is 362 g/mol. The van der Waals surface area contributed by atoms with Crippen LogP contribution in [-0.4, -0.2) is 22.4 Å². The van der Waals surface area contributed by atoms with Crippen molar-refractivity contribution in [2.45, 2.75) is 31.7 Å². The molecule has 0 radical (unpaired) electrons. The number of phenolic OH excluding ortho intramolecular Hbond substituents is 1. The highest BCUT2D eigenvalue weighted by atomic mass is 16.4. The van der Waals surface area contributed by atoms with E-state index in [2.05, 4.69) is 25.8 Å². The van der Waals surface area contributed by atoms with Crippen molar-refractivity contribution in [1.82, 2.24) is 0 Å². The first-order valence-corrected chi connectivity index (χ1v) is 9.48. The van der Waals surface area contributed by atoms with Gasteiger partial charge in [-0.3, -0.25) is 4.99 Å². The van der Waals surface area contributed by atoms with Crippen LogP contribution in [0.4, 0.5) is 0 Å². The van der Waals surface area contributed by atoms with Crippen LogP contribution < -0.4 is 0 Å². The maximum absolute atomic E-state index is 12.6. The largest absolute Gasteiger partial charge is 0.507 e. The summed E-state index contributed by atoms with van der Waals surface area (Å²) in [6.07, 6.45) is 1.46. The number of aromatic hydroxyl groups is 1. The average Bonchev–Trinajstić information content (AvgIpc) is 2.70. The maximum Gasteiger partial charge on any atom is 0.340 e. The number of carboxylic acid groups (broad SMARTS) is 1. The maximum atomic E-state index is 12.6. The molecule has 3 aromatic rings. The summed E-state index contributed by atoms with van der Waals surface area (Å²) in [5, 5.41) is 20.6. The van der Waals surface area contributed by atoms with Crippen LogP contribution in [0.1, 0.15) is 43.0 Å². The molecule has 0 spiro atoms. The van der Waals surface area contributed by atoms with Crippen LogP contribution in [0.15, 0.2) is 83.9 Å². The molecule has 4 heteroatoms. The van der Waals surface area contributed by atoms with E-state index >= 15 is 0 Å². The fourth-order valence-electron chi connectivity index (χ4n) is 3.27. The zero-order chi connectivity index (χ0) is 21.1.